The molecular weight excluding hydrogens is 214 g/mol. The molecule has 2 heterocycles. The van der Waals surface area contributed by atoms with Gasteiger partial charge in [0, 0.05) is 24.6 Å². The highest BCUT2D eigenvalue weighted by Gasteiger charge is 2.22. The third kappa shape index (κ3) is 1.71. The Morgan fingerprint density at radius 3 is 3.00 bits per heavy atom. The van der Waals surface area contributed by atoms with E-state index >= 15 is 0 Å². The second kappa shape index (κ2) is 4.05. The molecule has 0 spiro atoms. The number of carbonyl (C=O) groups is 1. The maximum Gasteiger partial charge on any atom is 0.333 e. The van der Waals surface area contributed by atoms with Crippen molar-refractivity contribution in [2.75, 3.05) is 11.4 Å². The molecule has 1 aliphatic heterocycles. The van der Waals surface area contributed by atoms with Gasteiger partial charge < -0.3 is 0 Å². The number of hydrogen-bond acceptors (Lipinski definition) is 2. The Kier molecular flexibility index (Phi) is 2.40. The topological polar surface area (TPSA) is 38.1 Å². The highest BCUT2D eigenvalue weighted by molar-refractivity contribution is 5.94. The van der Waals surface area contributed by atoms with Crippen LogP contribution in [0.1, 0.15) is 12.0 Å². The van der Waals surface area contributed by atoms with E-state index in [1.807, 2.05) is 23.1 Å². The van der Waals surface area contributed by atoms with Gasteiger partial charge in [-0.1, -0.05) is 18.2 Å². The maximum atomic E-state index is 12.3. The van der Waals surface area contributed by atoms with E-state index in [4.69, 9.17) is 0 Å². The predicted octanol–water partition coefficient (Wildman–Crippen LogP) is 2.30. The number of amides is 1. The summed E-state index contributed by atoms with van der Waals surface area (Å²) in [4.78, 5) is 18.0. The van der Waals surface area contributed by atoms with Crippen LogP contribution in [0.2, 0.25) is 0 Å². The minimum absolute atomic E-state index is 0.0327. The molecule has 17 heavy (non-hydrogen) atoms. The lowest BCUT2D eigenvalue weighted by atomic mass is 10.0. The first-order chi connectivity index (χ1) is 8.36. The van der Waals surface area contributed by atoms with Crippen molar-refractivity contribution >= 4 is 11.7 Å². The molecule has 0 fully saturated rings. The number of para-hydroxylation sites is 1. The van der Waals surface area contributed by atoms with Crippen LogP contribution in [0, 0.1) is 0 Å². The number of anilines is 1. The van der Waals surface area contributed by atoms with Gasteiger partial charge in [0.2, 0.25) is 0 Å². The summed E-state index contributed by atoms with van der Waals surface area (Å²) < 4.78 is 1.52. The van der Waals surface area contributed by atoms with Gasteiger partial charge in [-0.25, -0.2) is 9.78 Å². The Bertz CT molecular complexity index is 533. The number of imidazole rings is 1. The normalized spacial score (nSPS) is 14.5. The van der Waals surface area contributed by atoms with E-state index in [0.717, 1.165) is 25.1 Å². The zero-order valence-electron chi connectivity index (χ0n) is 9.41. The third-order valence-electron chi connectivity index (χ3n) is 3.07. The molecule has 0 aliphatic carbocycles. The van der Waals surface area contributed by atoms with Crippen LogP contribution in [-0.2, 0) is 6.42 Å². The molecule has 0 atom stereocenters. The van der Waals surface area contributed by atoms with Crippen LogP contribution in [-0.4, -0.2) is 22.1 Å². The van der Waals surface area contributed by atoms with E-state index in [2.05, 4.69) is 11.1 Å². The molecule has 4 heteroatoms. The molecule has 1 amide bonds. The van der Waals surface area contributed by atoms with Crippen molar-refractivity contribution in [1.29, 1.82) is 0 Å². The Balaban J connectivity index is 1.98. The summed E-state index contributed by atoms with van der Waals surface area (Å²) in [6.45, 7) is 0.772. The molecule has 1 aromatic heterocycles. The number of aromatic nitrogens is 2. The molecule has 1 aliphatic rings. The number of hydrogen-bond donors (Lipinski definition) is 0. The van der Waals surface area contributed by atoms with Crippen molar-refractivity contribution < 1.29 is 4.79 Å². The largest absolute Gasteiger partial charge is 0.333 e. The monoisotopic (exact) mass is 227 g/mol. The molecule has 0 unspecified atom stereocenters. The first-order valence-corrected chi connectivity index (χ1v) is 5.74. The predicted molar refractivity (Wildman–Crippen MR) is 65.1 cm³/mol. The second-order valence-electron chi connectivity index (χ2n) is 4.14. The maximum absolute atomic E-state index is 12.3. The van der Waals surface area contributed by atoms with Crippen LogP contribution < -0.4 is 4.90 Å². The highest BCUT2D eigenvalue weighted by Crippen LogP contribution is 2.27. The second-order valence-corrected chi connectivity index (χ2v) is 4.14. The Hall–Kier alpha value is -2.10. The van der Waals surface area contributed by atoms with Gasteiger partial charge in [-0.2, -0.15) is 0 Å². The van der Waals surface area contributed by atoms with Gasteiger partial charge in [0.15, 0.2) is 0 Å². The summed E-state index contributed by atoms with van der Waals surface area (Å²) in [5.41, 5.74) is 2.27. The number of carbonyl (C=O) groups excluding carboxylic acids is 1. The van der Waals surface area contributed by atoms with E-state index in [0.29, 0.717) is 0 Å². The van der Waals surface area contributed by atoms with Gasteiger partial charge >= 0.3 is 6.03 Å². The summed E-state index contributed by atoms with van der Waals surface area (Å²) in [5.74, 6) is 0. The molecule has 0 bridgehead atoms. The zero-order valence-corrected chi connectivity index (χ0v) is 9.41. The number of rotatable bonds is 0. The first-order valence-electron chi connectivity index (χ1n) is 5.74. The number of nitrogens with zero attached hydrogens (tertiary/aromatic N) is 3. The molecular formula is C13H13N3O. The van der Waals surface area contributed by atoms with Crippen molar-refractivity contribution in [1.82, 2.24) is 9.55 Å². The van der Waals surface area contributed by atoms with Crippen LogP contribution in [0.3, 0.4) is 0 Å². The fourth-order valence-electron chi connectivity index (χ4n) is 2.24. The van der Waals surface area contributed by atoms with Gasteiger partial charge in [0.25, 0.3) is 0 Å². The summed E-state index contributed by atoms with van der Waals surface area (Å²) in [7, 11) is 0. The van der Waals surface area contributed by atoms with Gasteiger partial charge in [-0.05, 0) is 24.5 Å². The lowest BCUT2D eigenvalue weighted by Gasteiger charge is -2.29. The van der Waals surface area contributed by atoms with Crippen LogP contribution in [0.4, 0.5) is 10.5 Å². The van der Waals surface area contributed by atoms with Gasteiger partial charge in [-0.3, -0.25) is 9.47 Å². The average molecular weight is 227 g/mol. The molecule has 4 nitrogen and oxygen atoms in total. The highest BCUT2D eigenvalue weighted by atomic mass is 16.2. The van der Waals surface area contributed by atoms with E-state index in [1.54, 1.807) is 18.7 Å². The molecule has 0 saturated heterocycles. The summed E-state index contributed by atoms with van der Waals surface area (Å²) in [6, 6.07) is 8.05. The Morgan fingerprint density at radius 2 is 2.18 bits per heavy atom. The van der Waals surface area contributed by atoms with Crippen LogP contribution in [0.15, 0.2) is 43.0 Å². The smallest absolute Gasteiger partial charge is 0.293 e. The Labute approximate surface area is 99.5 Å². The molecule has 1 aromatic carbocycles. The third-order valence-corrected chi connectivity index (χ3v) is 3.07. The number of benzene rings is 1. The van der Waals surface area contributed by atoms with Crippen LogP contribution in [0.5, 0.6) is 0 Å². The molecule has 3 rings (SSSR count). The minimum atomic E-state index is -0.0327. The summed E-state index contributed by atoms with van der Waals surface area (Å²) in [5, 5.41) is 0. The lowest BCUT2D eigenvalue weighted by Crippen LogP contribution is -2.37. The van der Waals surface area contributed by atoms with Crippen molar-refractivity contribution in [2.45, 2.75) is 12.8 Å². The van der Waals surface area contributed by atoms with Crippen LogP contribution in [0.25, 0.3) is 0 Å². The van der Waals surface area contributed by atoms with E-state index in [9.17, 15) is 4.79 Å². The van der Waals surface area contributed by atoms with Crippen molar-refractivity contribution in [3.05, 3.63) is 48.5 Å². The summed E-state index contributed by atoms with van der Waals surface area (Å²) >= 11 is 0. The SMILES string of the molecule is O=C(N1CCCc2ccccc21)n1ccnc1. The van der Waals surface area contributed by atoms with Gasteiger partial charge in [-0.15, -0.1) is 0 Å². The lowest BCUT2D eigenvalue weighted by molar-refractivity contribution is 0.247. The van der Waals surface area contributed by atoms with Gasteiger partial charge in [0.1, 0.15) is 6.33 Å². The van der Waals surface area contributed by atoms with Crippen LogP contribution >= 0.6 is 0 Å². The van der Waals surface area contributed by atoms with E-state index in [-0.39, 0.29) is 6.03 Å². The fraction of sp³-hybridized carbons (Fsp3) is 0.231. The van der Waals surface area contributed by atoms with Gasteiger partial charge in [0.05, 0.1) is 0 Å². The van der Waals surface area contributed by atoms with E-state index in [1.165, 1.54) is 10.1 Å². The van der Waals surface area contributed by atoms with Crippen molar-refractivity contribution in [3.63, 3.8) is 0 Å². The quantitative estimate of drug-likeness (QED) is 0.692. The van der Waals surface area contributed by atoms with Crippen molar-refractivity contribution in [3.8, 4) is 0 Å². The first kappa shape index (κ1) is 10.1. The molecule has 0 saturated carbocycles. The minimum Gasteiger partial charge on any atom is -0.293 e. The van der Waals surface area contributed by atoms with Crippen molar-refractivity contribution in [2.24, 2.45) is 0 Å². The fourth-order valence-corrected chi connectivity index (χ4v) is 2.24. The Morgan fingerprint density at radius 1 is 1.29 bits per heavy atom. The standard InChI is InChI=1S/C13H13N3O/c17-13(15-9-7-14-10-15)16-8-3-5-11-4-1-2-6-12(11)16/h1-2,4,6-7,9-10H,3,5,8H2. The zero-order chi connectivity index (χ0) is 11.7. The molecule has 86 valence electrons. The number of aryl methyl sites for hydroxylation is 1. The number of fused-ring (bicyclic) bond motifs is 1. The van der Waals surface area contributed by atoms with E-state index < -0.39 is 0 Å². The molecule has 2 aromatic rings. The molecule has 0 N–H and O–H groups in total. The summed E-state index contributed by atoms with van der Waals surface area (Å²) in [6.07, 6.45) is 6.90. The average Bonchev–Trinajstić information content (AvgIpc) is 2.91. The molecule has 0 radical (unpaired) electrons.